The molecule has 30 heavy (non-hydrogen) atoms. The summed E-state index contributed by atoms with van der Waals surface area (Å²) in [6.07, 6.45) is 6.97. The molecule has 0 atom stereocenters. The molecule has 156 valence electrons. The molecular weight excluding hydrogens is 403 g/mol. The Bertz CT molecular complexity index is 1070. The zero-order valence-corrected chi connectivity index (χ0v) is 17.3. The number of thiazole rings is 1. The summed E-state index contributed by atoms with van der Waals surface area (Å²) in [5.41, 5.74) is 1.32. The van der Waals surface area contributed by atoms with Crippen molar-refractivity contribution in [2.45, 2.75) is 44.4 Å². The molecule has 4 rings (SSSR count). The van der Waals surface area contributed by atoms with Gasteiger partial charge in [-0.15, -0.1) is 11.3 Å². The number of aromatic nitrogens is 3. The van der Waals surface area contributed by atoms with E-state index in [0.717, 1.165) is 9.69 Å². The summed E-state index contributed by atoms with van der Waals surface area (Å²) in [7, 11) is 0. The Morgan fingerprint density at radius 2 is 1.90 bits per heavy atom. The number of hydrogen-bond acceptors (Lipinski definition) is 5. The minimum absolute atomic E-state index is 0.126. The average molecular weight is 427 g/mol. The van der Waals surface area contributed by atoms with Crippen molar-refractivity contribution < 1.29 is 9.18 Å². The first-order valence-electron chi connectivity index (χ1n) is 10.2. The summed E-state index contributed by atoms with van der Waals surface area (Å²) in [4.78, 5) is 29.3. The van der Waals surface area contributed by atoms with Gasteiger partial charge in [-0.3, -0.25) is 9.59 Å². The lowest BCUT2D eigenvalue weighted by molar-refractivity contribution is 0.0947. The van der Waals surface area contributed by atoms with Gasteiger partial charge in [-0.25, -0.2) is 9.37 Å². The Hall–Kier alpha value is -2.87. The molecule has 2 aromatic heterocycles. The zero-order valence-electron chi connectivity index (χ0n) is 16.5. The first-order valence-corrected chi connectivity index (χ1v) is 11.1. The lowest BCUT2D eigenvalue weighted by atomic mass is 9.87. The van der Waals surface area contributed by atoms with Crippen molar-refractivity contribution in [3.63, 3.8) is 0 Å². The molecule has 0 saturated heterocycles. The van der Waals surface area contributed by atoms with Gasteiger partial charge >= 0.3 is 0 Å². The number of nitrogens with one attached hydrogen (secondary N) is 1. The normalized spacial score (nSPS) is 14.6. The van der Waals surface area contributed by atoms with Crippen molar-refractivity contribution in [1.82, 2.24) is 20.1 Å². The van der Waals surface area contributed by atoms with Crippen molar-refractivity contribution >= 4 is 17.2 Å². The summed E-state index contributed by atoms with van der Waals surface area (Å²) in [5.74, 6) is -0.195. The number of carbonyl (C=O) groups excluding carboxylic acids is 1. The van der Waals surface area contributed by atoms with E-state index in [2.05, 4.69) is 15.8 Å². The molecule has 1 aliphatic carbocycles. The van der Waals surface area contributed by atoms with Crippen LogP contribution < -0.4 is 10.9 Å². The molecule has 0 radical (unpaired) electrons. The van der Waals surface area contributed by atoms with Crippen LogP contribution in [0.3, 0.4) is 0 Å². The predicted octanol–water partition coefficient (Wildman–Crippen LogP) is 3.85. The van der Waals surface area contributed by atoms with Gasteiger partial charge in [0.05, 0.1) is 16.4 Å². The van der Waals surface area contributed by atoms with Crippen LogP contribution >= 0.6 is 11.3 Å². The highest BCUT2D eigenvalue weighted by Gasteiger charge is 2.18. The molecule has 1 aromatic carbocycles. The summed E-state index contributed by atoms with van der Waals surface area (Å²) in [6.45, 7) is 0.438. The van der Waals surface area contributed by atoms with E-state index < -0.39 is 11.4 Å². The quantitative estimate of drug-likeness (QED) is 0.650. The van der Waals surface area contributed by atoms with Crippen LogP contribution in [0.2, 0.25) is 0 Å². The first kappa shape index (κ1) is 20.4. The monoisotopic (exact) mass is 426 g/mol. The summed E-state index contributed by atoms with van der Waals surface area (Å²) >= 11 is 1.64. The molecule has 1 aliphatic rings. The van der Waals surface area contributed by atoms with Crippen LogP contribution in [0.15, 0.2) is 46.6 Å². The molecule has 1 amide bonds. The number of rotatable bonds is 6. The standard InChI is InChI=1S/C22H23FN4O2S/c23-16-6-8-17(9-7-16)27-21(28)11-10-18(26-27)22(29)24-13-12-20-25-19(14-30-20)15-4-2-1-3-5-15/h6-11,14-15H,1-5,12-13H2,(H,24,29). The fourth-order valence-corrected chi connectivity index (χ4v) is 4.58. The second-order valence-electron chi connectivity index (χ2n) is 7.45. The Balaban J connectivity index is 1.36. The largest absolute Gasteiger partial charge is 0.350 e. The number of nitrogens with zero attached hydrogens (tertiary/aromatic N) is 3. The fourth-order valence-electron chi connectivity index (χ4n) is 3.70. The molecule has 1 fully saturated rings. The molecule has 8 heteroatoms. The van der Waals surface area contributed by atoms with Gasteiger partial charge in [0.25, 0.3) is 11.5 Å². The predicted molar refractivity (Wildman–Crippen MR) is 114 cm³/mol. The molecular formula is C22H23FN4O2S. The Kier molecular flexibility index (Phi) is 6.32. The van der Waals surface area contributed by atoms with E-state index in [-0.39, 0.29) is 11.6 Å². The number of hydrogen-bond donors (Lipinski definition) is 1. The lowest BCUT2D eigenvalue weighted by Crippen LogP contribution is -2.30. The van der Waals surface area contributed by atoms with Gasteiger partial charge in [0, 0.05) is 30.3 Å². The third-order valence-electron chi connectivity index (χ3n) is 5.32. The maximum atomic E-state index is 13.1. The highest BCUT2D eigenvalue weighted by atomic mass is 32.1. The van der Waals surface area contributed by atoms with Crippen molar-refractivity contribution in [1.29, 1.82) is 0 Å². The molecule has 0 spiro atoms. The van der Waals surface area contributed by atoms with Crippen LogP contribution in [0.4, 0.5) is 4.39 Å². The highest BCUT2D eigenvalue weighted by Crippen LogP contribution is 2.33. The number of halogens is 1. The van der Waals surface area contributed by atoms with Crippen LogP contribution in [0.5, 0.6) is 0 Å². The summed E-state index contributed by atoms with van der Waals surface area (Å²) in [6, 6.07) is 8.04. The van der Waals surface area contributed by atoms with Crippen LogP contribution in [-0.4, -0.2) is 27.2 Å². The minimum Gasteiger partial charge on any atom is -0.350 e. The zero-order chi connectivity index (χ0) is 20.9. The van der Waals surface area contributed by atoms with Crippen LogP contribution in [0, 0.1) is 5.82 Å². The van der Waals surface area contributed by atoms with Crippen LogP contribution in [0.25, 0.3) is 5.69 Å². The Labute approximate surface area is 177 Å². The van der Waals surface area contributed by atoms with E-state index in [4.69, 9.17) is 4.98 Å². The second-order valence-corrected chi connectivity index (χ2v) is 8.39. The summed E-state index contributed by atoms with van der Waals surface area (Å²) in [5, 5.41) is 10.1. The Morgan fingerprint density at radius 1 is 1.13 bits per heavy atom. The number of carbonyl (C=O) groups is 1. The summed E-state index contributed by atoms with van der Waals surface area (Å²) < 4.78 is 14.2. The number of amides is 1. The van der Waals surface area contributed by atoms with E-state index in [0.29, 0.717) is 24.6 Å². The van der Waals surface area contributed by atoms with E-state index in [1.165, 1.54) is 74.2 Å². The van der Waals surface area contributed by atoms with Gasteiger partial charge in [0.15, 0.2) is 0 Å². The van der Waals surface area contributed by atoms with Gasteiger partial charge < -0.3 is 5.32 Å². The third-order valence-corrected chi connectivity index (χ3v) is 6.25. The SMILES string of the molecule is O=C(NCCc1nc(C2CCCCC2)cs1)c1ccc(=O)n(-c2ccc(F)cc2)n1. The van der Waals surface area contributed by atoms with Gasteiger partial charge in [-0.2, -0.15) is 9.78 Å². The minimum atomic E-state index is -0.408. The molecule has 3 aromatic rings. The van der Waals surface area contributed by atoms with Crippen molar-refractivity contribution in [3.05, 3.63) is 74.3 Å². The van der Waals surface area contributed by atoms with E-state index >= 15 is 0 Å². The van der Waals surface area contributed by atoms with Gasteiger partial charge in [0.2, 0.25) is 0 Å². The number of benzene rings is 1. The fraction of sp³-hybridized carbons (Fsp3) is 0.364. The highest BCUT2D eigenvalue weighted by molar-refractivity contribution is 7.09. The van der Waals surface area contributed by atoms with Gasteiger partial charge in [0.1, 0.15) is 11.5 Å². The topological polar surface area (TPSA) is 76.9 Å². The van der Waals surface area contributed by atoms with E-state index in [1.54, 1.807) is 11.3 Å². The lowest BCUT2D eigenvalue weighted by Gasteiger charge is -2.19. The Morgan fingerprint density at radius 3 is 2.67 bits per heavy atom. The van der Waals surface area contributed by atoms with Gasteiger partial charge in [-0.05, 0) is 43.2 Å². The maximum Gasteiger partial charge on any atom is 0.271 e. The van der Waals surface area contributed by atoms with E-state index in [1.807, 2.05) is 0 Å². The molecule has 0 bridgehead atoms. The first-order chi connectivity index (χ1) is 14.6. The molecule has 1 N–H and O–H groups in total. The van der Waals surface area contributed by atoms with Crippen molar-refractivity contribution in [2.75, 3.05) is 6.54 Å². The van der Waals surface area contributed by atoms with E-state index in [9.17, 15) is 14.0 Å². The molecule has 2 heterocycles. The van der Waals surface area contributed by atoms with Crippen LogP contribution in [0.1, 0.15) is 59.2 Å². The second kappa shape index (κ2) is 9.30. The average Bonchev–Trinajstić information content (AvgIpc) is 3.24. The molecule has 0 unspecified atom stereocenters. The molecule has 6 nitrogen and oxygen atoms in total. The van der Waals surface area contributed by atoms with Crippen molar-refractivity contribution in [2.24, 2.45) is 0 Å². The maximum absolute atomic E-state index is 13.1. The van der Waals surface area contributed by atoms with Gasteiger partial charge in [-0.1, -0.05) is 19.3 Å². The smallest absolute Gasteiger partial charge is 0.271 e. The van der Waals surface area contributed by atoms with Crippen LogP contribution in [-0.2, 0) is 6.42 Å². The van der Waals surface area contributed by atoms with Crippen molar-refractivity contribution in [3.8, 4) is 5.69 Å². The third kappa shape index (κ3) is 4.81. The molecule has 1 saturated carbocycles. The molecule has 0 aliphatic heterocycles.